The second-order valence-electron chi connectivity index (χ2n) is 7.58. The van der Waals surface area contributed by atoms with Crippen molar-refractivity contribution in [2.45, 2.75) is 0 Å². The van der Waals surface area contributed by atoms with Gasteiger partial charge in [-0.3, -0.25) is 0 Å². The van der Waals surface area contributed by atoms with Gasteiger partial charge < -0.3 is 0 Å². The predicted molar refractivity (Wildman–Crippen MR) is 142 cm³/mol. The quantitative estimate of drug-likeness (QED) is 0.240. The van der Waals surface area contributed by atoms with Gasteiger partial charge in [0, 0.05) is 30.6 Å². The first-order valence-electron chi connectivity index (χ1n) is 10.3. The van der Waals surface area contributed by atoms with Gasteiger partial charge in [0.1, 0.15) is 12.1 Å². The molecular formula is C28H14N2S3. The number of rotatable bonds is 4. The molecule has 0 aliphatic heterocycles. The Morgan fingerprint density at radius 3 is 1.61 bits per heavy atom. The van der Waals surface area contributed by atoms with Gasteiger partial charge in [-0.1, -0.05) is 48.5 Å². The Balaban J connectivity index is 1.65. The summed E-state index contributed by atoms with van der Waals surface area (Å²) in [6.07, 6.45) is 4.02. The predicted octanol–water partition coefficient (Wildman–Crippen LogP) is 8.80. The molecule has 2 nitrogen and oxygen atoms in total. The summed E-state index contributed by atoms with van der Waals surface area (Å²) in [7, 11) is 0. The van der Waals surface area contributed by atoms with Gasteiger partial charge in [0.2, 0.25) is 0 Å². The van der Waals surface area contributed by atoms with Crippen molar-refractivity contribution in [2.24, 2.45) is 0 Å². The zero-order valence-electron chi connectivity index (χ0n) is 17.2. The van der Waals surface area contributed by atoms with E-state index >= 15 is 0 Å². The van der Waals surface area contributed by atoms with Crippen LogP contribution in [0.25, 0.3) is 56.3 Å². The van der Waals surface area contributed by atoms with Gasteiger partial charge in [-0.2, -0.15) is 10.5 Å². The molecule has 2 aromatic carbocycles. The van der Waals surface area contributed by atoms with E-state index in [1.54, 1.807) is 34.0 Å². The second kappa shape index (κ2) is 7.99. The molecule has 6 rings (SSSR count). The van der Waals surface area contributed by atoms with Crippen molar-refractivity contribution in [2.75, 3.05) is 0 Å². The third-order valence-corrected chi connectivity index (χ3v) is 8.66. The second-order valence-corrected chi connectivity index (χ2v) is 10.6. The van der Waals surface area contributed by atoms with Crippen LogP contribution in [-0.2, 0) is 0 Å². The zero-order valence-corrected chi connectivity index (χ0v) is 19.7. The highest BCUT2D eigenvalue weighted by atomic mass is 32.1. The Hall–Kier alpha value is -3.74. The fraction of sp³-hybridized carbons (Fsp3) is 0. The van der Waals surface area contributed by atoms with E-state index in [-0.39, 0.29) is 0 Å². The van der Waals surface area contributed by atoms with Gasteiger partial charge in [0.25, 0.3) is 0 Å². The lowest BCUT2D eigenvalue weighted by molar-refractivity contribution is 1.54. The van der Waals surface area contributed by atoms with Crippen molar-refractivity contribution < 1.29 is 0 Å². The lowest BCUT2D eigenvalue weighted by atomic mass is 10.0. The number of nitrogens with zero attached hydrogens (tertiary/aromatic N) is 2. The van der Waals surface area contributed by atoms with Crippen LogP contribution < -0.4 is 0 Å². The summed E-state index contributed by atoms with van der Waals surface area (Å²) in [5.74, 6) is 0. The van der Waals surface area contributed by atoms with Gasteiger partial charge in [-0.25, -0.2) is 0 Å². The normalized spacial score (nSPS) is 12.5. The van der Waals surface area contributed by atoms with Crippen LogP contribution in [0, 0.1) is 22.7 Å². The van der Waals surface area contributed by atoms with E-state index in [4.69, 9.17) is 0 Å². The Morgan fingerprint density at radius 2 is 1.18 bits per heavy atom. The molecule has 0 N–H and O–H groups in total. The Bertz CT molecular complexity index is 1550. The van der Waals surface area contributed by atoms with Crippen LogP contribution in [0.4, 0.5) is 0 Å². The van der Waals surface area contributed by atoms with Crippen molar-refractivity contribution >= 4 is 68.1 Å². The lowest BCUT2D eigenvalue weighted by Crippen LogP contribution is -1.79. The van der Waals surface area contributed by atoms with Crippen molar-refractivity contribution in [1.29, 1.82) is 10.5 Å². The van der Waals surface area contributed by atoms with E-state index in [9.17, 15) is 10.5 Å². The van der Waals surface area contributed by atoms with Crippen molar-refractivity contribution in [3.63, 3.8) is 0 Å². The van der Waals surface area contributed by atoms with Crippen molar-refractivity contribution in [1.82, 2.24) is 0 Å². The molecule has 1 aliphatic carbocycles. The van der Waals surface area contributed by atoms with E-state index in [2.05, 4.69) is 48.5 Å². The van der Waals surface area contributed by atoms with E-state index in [0.717, 1.165) is 30.6 Å². The maximum Gasteiger partial charge on any atom is 0.101 e. The maximum atomic E-state index is 9.89. The summed E-state index contributed by atoms with van der Waals surface area (Å²) < 4.78 is 0. The SMILES string of the molecule is N#C/C(=C\c1sc(/C=C(\C#N)c2cccs2)c2c1-c1cccc3cccc-2c13)c1cccs1. The molecule has 5 heteroatoms. The average Bonchev–Trinajstić information content (AvgIpc) is 3.64. The third kappa shape index (κ3) is 3.18. The molecule has 0 radical (unpaired) electrons. The van der Waals surface area contributed by atoms with Gasteiger partial charge in [0.15, 0.2) is 0 Å². The highest BCUT2D eigenvalue weighted by Crippen LogP contribution is 2.54. The molecule has 0 fully saturated rings. The first kappa shape index (κ1) is 19.9. The first-order valence-corrected chi connectivity index (χ1v) is 12.9. The van der Waals surface area contributed by atoms with E-state index in [1.165, 1.54) is 21.9 Å². The molecule has 0 atom stereocenters. The standard InChI is InChI=1S/C28H14N2S3/c29-15-18(22-9-3-11-31-22)13-24-27-20-7-1-5-17-6-2-8-21(26(17)20)28(27)25(33-24)14-19(16-30)23-10-4-12-32-23/h1-14H/b18-13+,19-14+. The average molecular weight is 475 g/mol. The molecule has 5 aromatic rings. The van der Waals surface area contributed by atoms with Gasteiger partial charge >= 0.3 is 0 Å². The van der Waals surface area contributed by atoms with Crippen LogP contribution in [0.15, 0.2) is 71.4 Å². The molecule has 1 aliphatic rings. The van der Waals surface area contributed by atoms with Crippen LogP contribution in [-0.4, -0.2) is 0 Å². The van der Waals surface area contributed by atoms with Crippen molar-refractivity contribution in [3.8, 4) is 34.4 Å². The van der Waals surface area contributed by atoms with Crippen LogP contribution in [0.1, 0.15) is 19.5 Å². The van der Waals surface area contributed by atoms with E-state index in [1.807, 2.05) is 47.2 Å². The van der Waals surface area contributed by atoms with Crippen LogP contribution >= 0.6 is 34.0 Å². The smallest absolute Gasteiger partial charge is 0.101 e. The molecule has 33 heavy (non-hydrogen) atoms. The van der Waals surface area contributed by atoms with Gasteiger partial charge in [0.05, 0.1) is 11.1 Å². The molecule has 0 unspecified atom stereocenters. The number of hydrogen-bond acceptors (Lipinski definition) is 5. The largest absolute Gasteiger partial charge is 0.192 e. The summed E-state index contributed by atoms with van der Waals surface area (Å²) in [5, 5.41) is 26.2. The Morgan fingerprint density at radius 1 is 0.667 bits per heavy atom. The minimum atomic E-state index is 0.659. The number of benzene rings is 2. The highest BCUT2D eigenvalue weighted by Gasteiger charge is 2.28. The molecule has 3 aromatic heterocycles. The fourth-order valence-corrected chi connectivity index (χ4v) is 7.01. The molecule has 0 amide bonds. The molecule has 0 bridgehead atoms. The van der Waals surface area contributed by atoms with E-state index in [0.29, 0.717) is 11.1 Å². The molecule has 0 spiro atoms. The number of nitriles is 2. The van der Waals surface area contributed by atoms with Gasteiger partial charge in [-0.05, 0) is 56.9 Å². The van der Waals surface area contributed by atoms with Crippen LogP contribution in [0.3, 0.4) is 0 Å². The number of fused-ring (bicyclic) bond motifs is 3. The number of allylic oxidation sites excluding steroid dienone is 2. The fourth-order valence-electron chi connectivity index (χ4n) is 4.41. The summed E-state index contributed by atoms with van der Waals surface area (Å²) in [6.45, 7) is 0. The van der Waals surface area contributed by atoms with Crippen molar-refractivity contribution in [3.05, 3.63) is 90.9 Å². The lowest BCUT2D eigenvalue weighted by Gasteiger charge is -2.03. The Kier molecular flexibility index (Phi) is 4.82. The molecule has 0 saturated carbocycles. The summed E-state index contributed by atoms with van der Waals surface area (Å²) >= 11 is 4.78. The van der Waals surface area contributed by atoms with Crippen LogP contribution in [0.5, 0.6) is 0 Å². The minimum Gasteiger partial charge on any atom is -0.192 e. The monoisotopic (exact) mass is 474 g/mol. The summed E-state index contributed by atoms with van der Waals surface area (Å²) in [4.78, 5) is 4.02. The minimum absolute atomic E-state index is 0.659. The zero-order chi connectivity index (χ0) is 22.4. The van der Waals surface area contributed by atoms with Crippen LogP contribution in [0.2, 0.25) is 0 Å². The maximum absolute atomic E-state index is 9.89. The molecular weight excluding hydrogens is 461 g/mol. The summed E-state index contributed by atoms with van der Waals surface area (Å²) in [5.41, 5.74) is 6.02. The highest BCUT2D eigenvalue weighted by molar-refractivity contribution is 7.15. The molecule has 154 valence electrons. The molecule has 0 saturated heterocycles. The number of thiophene rings is 3. The van der Waals surface area contributed by atoms with E-state index < -0.39 is 0 Å². The molecule has 3 heterocycles. The topological polar surface area (TPSA) is 47.6 Å². The third-order valence-electron chi connectivity index (χ3n) is 5.77. The Labute approximate surface area is 203 Å². The number of hydrogen-bond donors (Lipinski definition) is 0. The first-order chi connectivity index (χ1) is 16.3. The summed E-state index contributed by atoms with van der Waals surface area (Å²) in [6, 6.07) is 25.5. The van der Waals surface area contributed by atoms with Gasteiger partial charge in [-0.15, -0.1) is 34.0 Å².